The van der Waals surface area contributed by atoms with Crippen LogP contribution in [0.4, 0.5) is 4.79 Å². The van der Waals surface area contributed by atoms with Gasteiger partial charge in [-0.2, -0.15) is 0 Å². The first-order chi connectivity index (χ1) is 5.02. The van der Waals surface area contributed by atoms with Crippen molar-refractivity contribution in [1.29, 1.82) is 0 Å². The third-order valence-electron chi connectivity index (χ3n) is 0.645. The molecular weight excluding hydrogens is 150 g/mol. The summed E-state index contributed by atoms with van der Waals surface area (Å²) >= 11 is 0. The molecule has 5 N–H and O–H groups in total. The molecule has 0 rings (SSSR count). The number of imide groups is 1. The summed E-state index contributed by atoms with van der Waals surface area (Å²) in [7, 11) is 0. The Morgan fingerprint density at radius 1 is 1.09 bits per heavy atom. The predicted molar refractivity (Wildman–Crippen MR) is 36.1 cm³/mol. The van der Waals surface area contributed by atoms with E-state index in [9.17, 15) is 14.4 Å². The van der Waals surface area contributed by atoms with E-state index in [0.717, 1.165) is 12.2 Å². The van der Waals surface area contributed by atoms with E-state index in [1.807, 2.05) is 0 Å². The van der Waals surface area contributed by atoms with E-state index in [1.165, 1.54) is 0 Å². The summed E-state index contributed by atoms with van der Waals surface area (Å²) in [5.41, 5.74) is 9.23. The number of hydrogen-bond donors (Lipinski definition) is 3. The maximum absolute atomic E-state index is 10.5. The number of hydrogen-bond acceptors (Lipinski definition) is 3. The van der Waals surface area contributed by atoms with Crippen molar-refractivity contribution in [3.8, 4) is 0 Å². The van der Waals surface area contributed by atoms with Gasteiger partial charge in [0.2, 0.25) is 5.91 Å². The minimum atomic E-state index is -0.982. The van der Waals surface area contributed by atoms with Crippen molar-refractivity contribution >= 4 is 17.8 Å². The zero-order valence-corrected chi connectivity index (χ0v) is 5.53. The molecule has 0 spiro atoms. The first kappa shape index (κ1) is 9.15. The molecule has 0 aromatic rings. The fourth-order valence-corrected chi connectivity index (χ4v) is 0.321. The molecule has 0 bridgehead atoms. The number of nitrogens with two attached hydrogens (primary N) is 2. The van der Waals surface area contributed by atoms with Crippen LogP contribution in [-0.4, -0.2) is 17.8 Å². The molecule has 0 unspecified atom stereocenters. The van der Waals surface area contributed by atoms with Crippen LogP contribution in [0.2, 0.25) is 0 Å². The fourth-order valence-electron chi connectivity index (χ4n) is 0.321. The Kier molecular flexibility index (Phi) is 3.36. The lowest BCUT2D eigenvalue weighted by Crippen LogP contribution is -2.33. The first-order valence-corrected chi connectivity index (χ1v) is 2.60. The Morgan fingerprint density at radius 3 is 2.00 bits per heavy atom. The highest BCUT2D eigenvalue weighted by Gasteiger charge is 1.97. The first-order valence-electron chi connectivity index (χ1n) is 2.60. The van der Waals surface area contributed by atoms with Gasteiger partial charge in [-0.1, -0.05) is 0 Å². The second-order valence-corrected chi connectivity index (χ2v) is 1.59. The van der Waals surface area contributed by atoms with E-state index in [1.54, 1.807) is 5.32 Å². The van der Waals surface area contributed by atoms with Crippen molar-refractivity contribution in [2.24, 2.45) is 11.5 Å². The highest BCUT2D eigenvalue weighted by molar-refractivity contribution is 6.02. The molecule has 4 amide bonds. The predicted octanol–water partition coefficient (Wildman–Crippen LogP) is -1.78. The van der Waals surface area contributed by atoms with Crippen LogP contribution in [0.15, 0.2) is 12.2 Å². The summed E-state index contributed by atoms with van der Waals surface area (Å²) in [5, 5.41) is 1.70. The lowest BCUT2D eigenvalue weighted by Gasteiger charge is -1.91. The lowest BCUT2D eigenvalue weighted by molar-refractivity contribution is -0.116. The summed E-state index contributed by atoms with van der Waals surface area (Å²) in [4.78, 5) is 30.5. The summed E-state index contributed by atoms with van der Waals surface area (Å²) in [5.74, 6) is -1.55. The maximum Gasteiger partial charge on any atom is 0.319 e. The third-order valence-corrected chi connectivity index (χ3v) is 0.645. The van der Waals surface area contributed by atoms with Crippen LogP contribution >= 0.6 is 0 Å². The number of primary amides is 2. The zero-order valence-electron chi connectivity index (χ0n) is 5.53. The highest BCUT2D eigenvalue weighted by Crippen LogP contribution is 1.71. The molecule has 6 nitrogen and oxygen atoms in total. The van der Waals surface area contributed by atoms with Gasteiger partial charge in [0.1, 0.15) is 0 Å². The highest BCUT2D eigenvalue weighted by atomic mass is 16.2. The van der Waals surface area contributed by atoms with Crippen LogP contribution in [0.5, 0.6) is 0 Å². The van der Waals surface area contributed by atoms with Crippen molar-refractivity contribution in [2.45, 2.75) is 0 Å². The van der Waals surface area contributed by atoms with Crippen molar-refractivity contribution in [3.05, 3.63) is 12.2 Å². The number of urea groups is 1. The zero-order chi connectivity index (χ0) is 8.85. The molecule has 0 aromatic carbocycles. The molecular formula is C5H7N3O3. The number of carbonyl (C=O) groups is 3. The van der Waals surface area contributed by atoms with Gasteiger partial charge in [0.15, 0.2) is 0 Å². The number of amides is 4. The van der Waals surface area contributed by atoms with E-state index in [2.05, 4.69) is 11.5 Å². The monoisotopic (exact) mass is 157 g/mol. The summed E-state index contributed by atoms with van der Waals surface area (Å²) in [6.45, 7) is 0. The maximum atomic E-state index is 10.5. The van der Waals surface area contributed by atoms with Crippen molar-refractivity contribution in [3.63, 3.8) is 0 Å². The minimum absolute atomic E-state index is 0.773. The van der Waals surface area contributed by atoms with Gasteiger partial charge in [-0.25, -0.2) is 4.79 Å². The van der Waals surface area contributed by atoms with Gasteiger partial charge in [0, 0.05) is 12.2 Å². The average Bonchev–Trinajstić information content (AvgIpc) is 1.82. The largest absolute Gasteiger partial charge is 0.366 e. The van der Waals surface area contributed by atoms with Crippen molar-refractivity contribution in [2.75, 3.05) is 0 Å². The van der Waals surface area contributed by atoms with Crippen LogP contribution in [0, 0.1) is 0 Å². The van der Waals surface area contributed by atoms with Gasteiger partial charge in [0.25, 0.3) is 5.91 Å². The Balaban J connectivity index is 3.88. The van der Waals surface area contributed by atoms with E-state index in [0.29, 0.717) is 0 Å². The molecule has 0 heterocycles. The molecule has 0 saturated carbocycles. The number of rotatable bonds is 2. The average molecular weight is 157 g/mol. The van der Waals surface area contributed by atoms with Crippen molar-refractivity contribution in [1.82, 2.24) is 5.32 Å². The number of nitrogens with one attached hydrogen (secondary N) is 1. The standard InChI is InChI=1S/C5H7N3O3/c6-3(9)1-2-4(10)8-5(7)11/h1-2H,(H2,6,9)(H3,7,8,10,11)/b2-1+. The van der Waals surface area contributed by atoms with Gasteiger partial charge in [-0.15, -0.1) is 0 Å². The van der Waals surface area contributed by atoms with Gasteiger partial charge >= 0.3 is 6.03 Å². The van der Waals surface area contributed by atoms with Gasteiger partial charge in [-0.05, 0) is 0 Å². The second kappa shape index (κ2) is 4.04. The van der Waals surface area contributed by atoms with E-state index in [-0.39, 0.29) is 0 Å². The molecule has 0 aliphatic heterocycles. The van der Waals surface area contributed by atoms with E-state index in [4.69, 9.17) is 0 Å². The van der Waals surface area contributed by atoms with Crippen LogP contribution < -0.4 is 16.8 Å². The van der Waals surface area contributed by atoms with Crippen LogP contribution in [0.25, 0.3) is 0 Å². The van der Waals surface area contributed by atoms with E-state index >= 15 is 0 Å². The molecule has 0 fully saturated rings. The topological polar surface area (TPSA) is 115 Å². The second-order valence-electron chi connectivity index (χ2n) is 1.59. The smallest absolute Gasteiger partial charge is 0.319 e. The quantitative estimate of drug-likeness (QED) is 0.411. The Hall–Kier alpha value is -1.85. The summed E-state index contributed by atoms with van der Waals surface area (Å²) in [6.07, 6.45) is 1.63. The summed E-state index contributed by atoms with van der Waals surface area (Å²) < 4.78 is 0. The normalized spacial score (nSPS) is 9.45. The van der Waals surface area contributed by atoms with Crippen LogP contribution in [0.3, 0.4) is 0 Å². The molecule has 6 heteroatoms. The number of carbonyl (C=O) groups excluding carboxylic acids is 3. The fraction of sp³-hybridized carbons (Fsp3) is 0. The Morgan fingerprint density at radius 2 is 1.64 bits per heavy atom. The summed E-state index contributed by atoms with van der Waals surface area (Å²) in [6, 6.07) is -0.982. The Bertz CT molecular complexity index is 221. The van der Waals surface area contributed by atoms with Gasteiger partial charge in [-0.3, -0.25) is 14.9 Å². The molecule has 0 aromatic heterocycles. The van der Waals surface area contributed by atoms with Crippen molar-refractivity contribution < 1.29 is 14.4 Å². The van der Waals surface area contributed by atoms with Gasteiger partial charge < -0.3 is 11.5 Å². The molecule has 60 valence electrons. The molecule has 0 atom stereocenters. The molecule has 0 radical (unpaired) electrons. The molecule has 0 saturated heterocycles. The minimum Gasteiger partial charge on any atom is -0.366 e. The third kappa shape index (κ3) is 6.03. The molecule has 11 heavy (non-hydrogen) atoms. The SMILES string of the molecule is NC(=O)/C=C/C(=O)NC(N)=O. The molecule has 0 aliphatic carbocycles. The van der Waals surface area contributed by atoms with Crippen LogP contribution in [-0.2, 0) is 9.59 Å². The van der Waals surface area contributed by atoms with E-state index < -0.39 is 17.8 Å². The Labute approximate surface area is 62.2 Å². The molecule has 0 aliphatic rings. The lowest BCUT2D eigenvalue weighted by atomic mass is 10.4. The van der Waals surface area contributed by atoms with Crippen LogP contribution in [0.1, 0.15) is 0 Å². The van der Waals surface area contributed by atoms with Gasteiger partial charge in [0.05, 0.1) is 0 Å².